The Morgan fingerprint density at radius 2 is 0.957 bits per heavy atom. The summed E-state index contributed by atoms with van der Waals surface area (Å²) in [5.74, 6) is 0.673. The average molecular weight is 893 g/mol. The minimum Gasteiger partial charge on any atom is -0.455 e. The van der Waals surface area contributed by atoms with E-state index in [-0.39, 0.29) is 0 Å². The van der Waals surface area contributed by atoms with Gasteiger partial charge in [0, 0.05) is 65.8 Å². The van der Waals surface area contributed by atoms with Gasteiger partial charge in [0.1, 0.15) is 11.2 Å². The van der Waals surface area contributed by atoms with E-state index in [1.807, 2.05) is 30.3 Å². The molecule has 0 fully saturated rings. The Labute approximate surface area is 403 Å². The molecule has 0 atom stereocenters. The summed E-state index contributed by atoms with van der Waals surface area (Å²) in [7, 11) is 0. The van der Waals surface area contributed by atoms with E-state index in [2.05, 4.69) is 217 Å². The van der Waals surface area contributed by atoms with E-state index in [4.69, 9.17) is 19.4 Å². The Kier molecular flexibility index (Phi) is 9.14. The number of rotatable bonds is 7. The van der Waals surface area contributed by atoms with Crippen LogP contribution in [0, 0.1) is 0 Å². The van der Waals surface area contributed by atoms with Crippen LogP contribution in [0.3, 0.4) is 0 Å². The fourth-order valence-corrected chi connectivity index (χ4v) is 10.5. The van der Waals surface area contributed by atoms with Crippen LogP contribution in [0.5, 0.6) is 0 Å². The van der Waals surface area contributed by atoms with E-state index in [1.165, 1.54) is 21.7 Å². The zero-order chi connectivity index (χ0) is 46.1. The molecule has 14 aromatic rings. The monoisotopic (exact) mass is 892 g/mol. The Morgan fingerprint density at radius 3 is 1.77 bits per heavy atom. The Hall–Kier alpha value is -9.45. The zero-order valence-electron chi connectivity index (χ0n) is 37.8. The maximum atomic E-state index is 6.45. The highest BCUT2D eigenvalue weighted by Gasteiger charge is 2.21. The van der Waals surface area contributed by atoms with E-state index in [9.17, 15) is 0 Å². The lowest BCUT2D eigenvalue weighted by Crippen LogP contribution is -1.96. The summed E-state index contributed by atoms with van der Waals surface area (Å²) >= 11 is 0. The standard InChI is InChI=1S/C65H40N4O/c1-4-16-43(17-5-1)63-62-51(35-37-59-61(62)53-25-10-12-28-58(53)69(59)48-22-8-3-9-23-48)54-39-45(34-36-55(54)66-63)41-30-32-42(33-31-41)56-40-57(68-65(67-56)44-18-6-2-7-19-44)47-21-14-20-46(38-47)49-26-15-27-52-50-24-11-13-29-60(50)70-64(49)52/h1-40H. The van der Waals surface area contributed by atoms with Crippen LogP contribution in [0.25, 0.3) is 139 Å². The molecule has 14 rings (SSSR count). The number of pyridine rings is 1. The molecule has 5 nitrogen and oxygen atoms in total. The molecule has 5 heteroatoms. The molecule has 10 aromatic carbocycles. The predicted molar refractivity (Wildman–Crippen MR) is 289 cm³/mol. The summed E-state index contributed by atoms with van der Waals surface area (Å²) in [6.07, 6.45) is 0. The molecular weight excluding hydrogens is 853 g/mol. The molecular formula is C65H40N4O. The number of benzene rings is 10. The topological polar surface area (TPSA) is 56.7 Å². The Bertz CT molecular complexity index is 4330. The van der Waals surface area contributed by atoms with Gasteiger partial charge in [-0.25, -0.2) is 15.0 Å². The van der Waals surface area contributed by atoms with Crippen molar-refractivity contribution in [3.8, 4) is 73.1 Å². The Balaban J connectivity index is 0.887. The fourth-order valence-electron chi connectivity index (χ4n) is 10.5. The zero-order valence-corrected chi connectivity index (χ0v) is 37.8. The lowest BCUT2D eigenvalue weighted by Gasteiger charge is -2.14. The van der Waals surface area contributed by atoms with Crippen molar-refractivity contribution < 1.29 is 4.42 Å². The molecule has 0 bridgehead atoms. The maximum Gasteiger partial charge on any atom is 0.160 e. The predicted octanol–water partition coefficient (Wildman–Crippen LogP) is 17.2. The van der Waals surface area contributed by atoms with Gasteiger partial charge in [-0.05, 0) is 76.7 Å². The number of hydrogen-bond donors (Lipinski definition) is 0. The third-order valence-corrected chi connectivity index (χ3v) is 13.8. The fraction of sp³-hybridized carbons (Fsp3) is 0. The smallest absolute Gasteiger partial charge is 0.160 e. The van der Waals surface area contributed by atoms with Crippen molar-refractivity contribution in [2.24, 2.45) is 0 Å². The summed E-state index contributed by atoms with van der Waals surface area (Å²) in [5.41, 5.74) is 17.2. The maximum absolute atomic E-state index is 6.45. The van der Waals surface area contributed by atoms with Crippen LogP contribution < -0.4 is 0 Å². The first-order valence-corrected chi connectivity index (χ1v) is 23.7. The summed E-state index contributed by atoms with van der Waals surface area (Å²) in [6, 6.07) is 85.5. The molecule has 0 aliphatic heterocycles. The molecule has 70 heavy (non-hydrogen) atoms. The summed E-state index contributed by atoms with van der Waals surface area (Å²) in [5, 5.41) is 8.06. The van der Waals surface area contributed by atoms with Crippen molar-refractivity contribution >= 4 is 65.4 Å². The van der Waals surface area contributed by atoms with Crippen molar-refractivity contribution in [2.45, 2.75) is 0 Å². The molecule has 0 saturated carbocycles. The minimum absolute atomic E-state index is 0.673. The summed E-state index contributed by atoms with van der Waals surface area (Å²) in [6.45, 7) is 0. The van der Waals surface area contributed by atoms with Gasteiger partial charge in [-0.15, -0.1) is 0 Å². The highest BCUT2D eigenvalue weighted by molar-refractivity contribution is 6.28. The number of nitrogens with zero attached hydrogens (tertiary/aromatic N) is 4. The lowest BCUT2D eigenvalue weighted by atomic mass is 9.94. The Morgan fingerprint density at radius 1 is 0.329 bits per heavy atom. The first-order chi connectivity index (χ1) is 34.7. The van der Waals surface area contributed by atoms with Crippen molar-refractivity contribution in [3.05, 3.63) is 243 Å². The van der Waals surface area contributed by atoms with Crippen molar-refractivity contribution in [1.29, 1.82) is 0 Å². The normalized spacial score (nSPS) is 11.7. The van der Waals surface area contributed by atoms with Crippen LogP contribution in [0.4, 0.5) is 0 Å². The largest absolute Gasteiger partial charge is 0.455 e. The highest BCUT2D eigenvalue weighted by atomic mass is 16.3. The van der Waals surface area contributed by atoms with Crippen molar-refractivity contribution in [1.82, 2.24) is 19.5 Å². The summed E-state index contributed by atoms with van der Waals surface area (Å²) < 4.78 is 8.84. The first-order valence-electron chi connectivity index (χ1n) is 23.7. The molecule has 4 heterocycles. The molecule has 0 N–H and O–H groups in total. The molecule has 0 spiro atoms. The number of fused-ring (bicyclic) bond motifs is 10. The second-order valence-electron chi connectivity index (χ2n) is 17.9. The van der Waals surface area contributed by atoms with Gasteiger partial charge in [0.2, 0.25) is 0 Å². The van der Waals surface area contributed by atoms with Gasteiger partial charge < -0.3 is 8.98 Å². The second-order valence-corrected chi connectivity index (χ2v) is 17.9. The molecule has 0 unspecified atom stereocenters. The third kappa shape index (κ3) is 6.51. The quantitative estimate of drug-likeness (QED) is 0.150. The third-order valence-electron chi connectivity index (χ3n) is 13.8. The van der Waals surface area contributed by atoms with Gasteiger partial charge in [0.25, 0.3) is 0 Å². The van der Waals surface area contributed by atoms with Gasteiger partial charge in [-0.2, -0.15) is 0 Å². The van der Waals surface area contributed by atoms with Gasteiger partial charge in [-0.3, -0.25) is 0 Å². The van der Waals surface area contributed by atoms with Gasteiger partial charge >= 0.3 is 0 Å². The van der Waals surface area contributed by atoms with E-state index in [1.54, 1.807) is 0 Å². The van der Waals surface area contributed by atoms with Crippen LogP contribution >= 0.6 is 0 Å². The van der Waals surface area contributed by atoms with Crippen LogP contribution in [0.1, 0.15) is 0 Å². The molecule has 0 amide bonds. The summed E-state index contributed by atoms with van der Waals surface area (Å²) in [4.78, 5) is 15.9. The number of furan rings is 1. The van der Waals surface area contributed by atoms with Crippen LogP contribution in [0.15, 0.2) is 247 Å². The average Bonchev–Trinajstić information content (AvgIpc) is 4.00. The van der Waals surface area contributed by atoms with Crippen LogP contribution in [-0.2, 0) is 0 Å². The highest BCUT2D eigenvalue weighted by Crippen LogP contribution is 2.44. The van der Waals surface area contributed by atoms with Crippen LogP contribution in [-0.4, -0.2) is 19.5 Å². The van der Waals surface area contributed by atoms with Gasteiger partial charge in [0.05, 0.1) is 33.6 Å². The van der Waals surface area contributed by atoms with Crippen molar-refractivity contribution in [3.63, 3.8) is 0 Å². The molecule has 0 aliphatic carbocycles. The van der Waals surface area contributed by atoms with E-state index in [0.29, 0.717) is 5.82 Å². The van der Waals surface area contributed by atoms with Gasteiger partial charge in [0.15, 0.2) is 5.82 Å². The number of para-hydroxylation sites is 4. The van der Waals surface area contributed by atoms with E-state index in [0.717, 1.165) is 111 Å². The van der Waals surface area contributed by atoms with Gasteiger partial charge in [-0.1, -0.05) is 188 Å². The first kappa shape index (κ1) is 39.7. The molecule has 0 saturated heterocycles. The SMILES string of the molecule is c1ccc(-c2nc(-c3ccc(-c4ccc5nc(-c6ccccc6)c6c(ccc7c6c6ccccc6n7-c6ccccc6)c5c4)cc3)cc(-c3cccc(-c4cccc5c4oc4ccccc45)c3)n2)cc1. The lowest BCUT2D eigenvalue weighted by molar-refractivity contribution is 0.670. The van der Waals surface area contributed by atoms with Crippen LogP contribution in [0.2, 0.25) is 0 Å². The van der Waals surface area contributed by atoms with E-state index >= 15 is 0 Å². The second kappa shape index (κ2) is 16.1. The minimum atomic E-state index is 0.673. The van der Waals surface area contributed by atoms with E-state index < -0.39 is 0 Å². The molecule has 326 valence electrons. The number of aromatic nitrogens is 4. The molecule has 4 aromatic heterocycles. The molecule has 0 aliphatic rings. The van der Waals surface area contributed by atoms with Crippen molar-refractivity contribution in [2.75, 3.05) is 0 Å². The number of hydrogen-bond acceptors (Lipinski definition) is 4. The molecule has 0 radical (unpaired) electrons.